The third kappa shape index (κ3) is 6.18. The molecular weight excluding hydrogens is 763 g/mol. The van der Waals surface area contributed by atoms with Crippen LogP contribution in [0.4, 0.5) is 0 Å². The summed E-state index contributed by atoms with van der Waals surface area (Å²) in [7, 11) is 0. The first-order valence-electron chi connectivity index (χ1n) is 15.9. The Labute approximate surface area is 297 Å². The largest absolute Gasteiger partial charge is 3.00 e. The zero-order chi connectivity index (χ0) is 32.3. The summed E-state index contributed by atoms with van der Waals surface area (Å²) in [6.07, 6.45) is 3.73. The molecule has 48 heavy (non-hydrogen) atoms. The van der Waals surface area contributed by atoms with Crippen molar-refractivity contribution in [2.45, 2.75) is 31.6 Å². The topological polar surface area (TPSA) is 38.7 Å². The van der Waals surface area contributed by atoms with Gasteiger partial charge in [0.1, 0.15) is 0 Å². The van der Waals surface area contributed by atoms with Gasteiger partial charge in [0.15, 0.2) is 0 Å². The Bertz CT molecular complexity index is 2040. The number of hydrogen-bond donors (Lipinski definition) is 0. The van der Waals surface area contributed by atoms with E-state index in [2.05, 4.69) is 117 Å². The molecule has 234 valence electrons. The molecule has 3 heterocycles. The van der Waals surface area contributed by atoms with Gasteiger partial charge in [-0.3, -0.25) is 9.97 Å². The van der Waals surface area contributed by atoms with Gasteiger partial charge in [0, 0.05) is 18.1 Å². The molecule has 1 atom stereocenters. The monoisotopic (exact) mass is 797 g/mol. The van der Waals surface area contributed by atoms with Crippen LogP contribution in [0.2, 0.25) is 0 Å². The Morgan fingerprint density at radius 2 is 1.21 bits per heavy atom. The first-order valence-corrected chi connectivity index (χ1v) is 15.9. The van der Waals surface area contributed by atoms with Gasteiger partial charge in [-0.25, -0.2) is 0 Å². The van der Waals surface area contributed by atoms with Crippen molar-refractivity contribution >= 4 is 0 Å². The summed E-state index contributed by atoms with van der Waals surface area (Å²) in [5, 5.41) is 0. The van der Waals surface area contributed by atoms with Crippen LogP contribution in [0, 0.1) is 18.2 Å². The van der Waals surface area contributed by atoms with Crippen LogP contribution in [-0.2, 0) is 30.9 Å². The third-order valence-corrected chi connectivity index (χ3v) is 8.63. The molecule has 0 bridgehead atoms. The standard InChI is InChI=1S/C33H26N2.C11H8N.Ir/c1-32(2,3)24-20-21-34-31(22-24)33(30-19-11-18-29(35-30)23-12-5-4-6-13-23)27-16-9-7-14-25(27)26-15-8-10-17-28(26)33;1-2-6-10(7-3-1)11-8-4-5-9-12-11;/h4-12,14-16,18-22H,1-3H3;1-6,8-9H;/q-2;-1;+3/t33-;;/m1../s1. The molecule has 1 aliphatic carbocycles. The molecule has 1 aliphatic rings. The van der Waals surface area contributed by atoms with Gasteiger partial charge in [0.25, 0.3) is 0 Å². The Morgan fingerprint density at radius 1 is 0.542 bits per heavy atom. The van der Waals surface area contributed by atoms with Crippen LogP contribution in [0.25, 0.3) is 33.6 Å². The minimum Gasteiger partial charge on any atom is -0.305 e. The van der Waals surface area contributed by atoms with Crippen LogP contribution in [0.15, 0.2) is 152 Å². The van der Waals surface area contributed by atoms with Crippen molar-refractivity contribution in [1.82, 2.24) is 15.0 Å². The Hall–Kier alpha value is -5.02. The number of pyridine rings is 3. The Morgan fingerprint density at radius 3 is 1.92 bits per heavy atom. The maximum atomic E-state index is 5.27. The van der Waals surface area contributed by atoms with Crippen LogP contribution in [0.1, 0.15) is 48.8 Å². The minimum absolute atomic E-state index is 0. The SMILES string of the molecule is CC(C)(C)c1ccnc([C@@]2(c3cccc(-c4[c-]cccc4)n3)c3[c-]cccc3-c3ccccc32)c1.[Ir+3].[c-]1ccccc1-c1ccccn1. The van der Waals surface area contributed by atoms with Gasteiger partial charge in [-0.05, 0) is 52.2 Å². The van der Waals surface area contributed by atoms with E-state index in [1.54, 1.807) is 6.20 Å². The first-order chi connectivity index (χ1) is 23.0. The minimum atomic E-state index is -0.667. The van der Waals surface area contributed by atoms with Crippen molar-refractivity contribution < 1.29 is 20.1 Å². The van der Waals surface area contributed by atoms with Crippen LogP contribution >= 0.6 is 0 Å². The van der Waals surface area contributed by atoms with Gasteiger partial charge in [0.2, 0.25) is 0 Å². The fourth-order valence-corrected chi connectivity index (χ4v) is 6.34. The van der Waals surface area contributed by atoms with E-state index in [1.807, 2.05) is 72.9 Å². The van der Waals surface area contributed by atoms with E-state index in [1.165, 1.54) is 22.3 Å². The van der Waals surface area contributed by atoms with Gasteiger partial charge >= 0.3 is 20.1 Å². The number of rotatable bonds is 4. The molecule has 0 saturated heterocycles. The summed E-state index contributed by atoms with van der Waals surface area (Å²) >= 11 is 0. The van der Waals surface area contributed by atoms with E-state index in [4.69, 9.17) is 9.97 Å². The smallest absolute Gasteiger partial charge is 0.305 e. The van der Waals surface area contributed by atoms with Crippen LogP contribution in [0.3, 0.4) is 0 Å². The van der Waals surface area contributed by atoms with Gasteiger partial charge in [-0.1, -0.05) is 74.9 Å². The zero-order valence-electron chi connectivity index (χ0n) is 27.1. The molecule has 0 aliphatic heterocycles. The number of fused-ring (bicyclic) bond motifs is 3. The predicted octanol–water partition coefficient (Wildman–Crippen LogP) is 9.95. The molecule has 0 spiro atoms. The number of benzene rings is 4. The average molecular weight is 797 g/mol. The van der Waals surface area contributed by atoms with E-state index < -0.39 is 5.41 Å². The van der Waals surface area contributed by atoms with Crippen LogP contribution in [0.5, 0.6) is 0 Å². The Kier molecular flexibility index (Phi) is 9.59. The third-order valence-electron chi connectivity index (χ3n) is 8.63. The second-order valence-electron chi connectivity index (χ2n) is 12.6. The zero-order valence-corrected chi connectivity index (χ0v) is 29.5. The van der Waals surface area contributed by atoms with Gasteiger partial charge in [-0.15, -0.1) is 82.9 Å². The molecule has 0 fully saturated rings. The maximum absolute atomic E-state index is 5.27. The van der Waals surface area contributed by atoms with Crippen molar-refractivity contribution in [3.05, 3.63) is 198 Å². The van der Waals surface area contributed by atoms with E-state index >= 15 is 0 Å². The molecular formula is C44H34IrN3. The van der Waals surface area contributed by atoms with Crippen molar-refractivity contribution in [2.24, 2.45) is 0 Å². The second kappa shape index (κ2) is 14.0. The van der Waals surface area contributed by atoms with Crippen molar-refractivity contribution in [3.8, 4) is 33.6 Å². The number of nitrogens with zero attached hydrogens (tertiary/aromatic N) is 3. The van der Waals surface area contributed by atoms with Crippen LogP contribution in [-0.4, -0.2) is 15.0 Å². The van der Waals surface area contributed by atoms with Crippen molar-refractivity contribution in [3.63, 3.8) is 0 Å². The van der Waals surface area contributed by atoms with Crippen molar-refractivity contribution in [1.29, 1.82) is 0 Å². The quantitative estimate of drug-likeness (QED) is 0.167. The van der Waals surface area contributed by atoms with Crippen LogP contribution < -0.4 is 0 Å². The second-order valence-corrected chi connectivity index (χ2v) is 12.6. The summed E-state index contributed by atoms with van der Waals surface area (Å²) in [4.78, 5) is 14.5. The normalized spacial score (nSPS) is 14.5. The summed E-state index contributed by atoms with van der Waals surface area (Å²) < 4.78 is 0. The fraction of sp³-hybridized carbons (Fsp3) is 0.114. The number of hydrogen-bond acceptors (Lipinski definition) is 3. The molecule has 0 N–H and O–H groups in total. The molecule has 8 rings (SSSR count). The summed E-state index contributed by atoms with van der Waals surface area (Å²) in [5.74, 6) is 0. The fourth-order valence-electron chi connectivity index (χ4n) is 6.34. The van der Waals surface area contributed by atoms with E-state index in [9.17, 15) is 0 Å². The molecule has 3 nitrogen and oxygen atoms in total. The number of aromatic nitrogens is 3. The molecule has 0 unspecified atom stereocenters. The average Bonchev–Trinajstić information content (AvgIpc) is 3.44. The maximum Gasteiger partial charge on any atom is 3.00 e. The molecule has 0 saturated carbocycles. The molecule has 4 aromatic carbocycles. The predicted molar refractivity (Wildman–Crippen MR) is 190 cm³/mol. The molecule has 3 aromatic heterocycles. The molecule has 7 aromatic rings. The van der Waals surface area contributed by atoms with E-state index in [0.29, 0.717) is 0 Å². The van der Waals surface area contributed by atoms with Gasteiger partial charge < -0.3 is 4.98 Å². The summed E-state index contributed by atoms with van der Waals surface area (Å²) in [5.41, 5.74) is 11.1. The summed E-state index contributed by atoms with van der Waals surface area (Å²) in [6.45, 7) is 6.72. The van der Waals surface area contributed by atoms with Gasteiger partial charge in [0.05, 0.1) is 11.1 Å². The van der Waals surface area contributed by atoms with Crippen molar-refractivity contribution in [2.75, 3.05) is 0 Å². The molecule has 4 heteroatoms. The Balaban J connectivity index is 0.000000260. The first kappa shape index (κ1) is 32.9. The summed E-state index contributed by atoms with van der Waals surface area (Å²) in [6, 6.07) is 57.3. The van der Waals surface area contributed by atoms with E-state index in [0.717, 1.165) is 39.5 Å². The molecule has 0 amide bonds. The molecule has 0 radical (unpaired) electrons. The van der Waals surface area contributed by atoms with Gasteiger partial charge in [-0.2, -0.15) is 24.3 Å². The van der Waals surface area contributed by atoms with E-state index in [-0.39, 0.29) is 25.5 Å².